The third-order valence-corrected chi connectivity index (χ3v) is 5.48. The molecule has 0 unspecified atom stereocenters. The van der Waals surface area contributed by atoms with Crippen molar-refractivity contribution in [2.24, 2.45) is 22.2 Å². The zero-order valence-electron chi connectivity index (χ0n) is 12.6. The molecule has 0 aromatic heterocycles. The zero-order valence-corrected chi connectivity index (χ0v) is 12.6. The molecule has 20 heavy (non-hydrogen) atoms. The summed E-state index contributed by atoms with van der Waals surface area (Å²) in [6.07, 6.45) is 8.17. The van der Waals surface area contributed by atoms with Gasteiger partial charge in [0.2, 0.25) is 5.91 Å². The molecule has 0 aromatic rings. The van der Waals surface area contributed by atoms with E-state index in [2.05, 4.69) is 12.1 Å². The van der Waals surface area contributed by atoms with Gasteiger partial charge >= 0.3 is 0 Å². The van der Waals surface area contributed by atoms with Crippen molar-refractivity contribution in [2.75, 3.05) is 7.05 Å². The molecule has 2 saturated carbocycles. The molecule has 0 aromatic carbocycles. The van der Waals surface area contributed by atoms with Gasteiger partial charge in [0, 0.05) is 13.1 Å². The Balaban J connectivity index is 2.02. The highest BCUT2D eigenvalue weighted by Gasteiger charge is 2.50. The highest BCUT2D eigenvalue weighted by molar-refractivity contribution is 6.07. The van der Waals surface area contributed by atoms with Gasteiger partial charge in [0.15, 0.2) is 5.84 Å². The van der Waals surface area contributed by atoms with Crippen molar-refractivity contribution >= 4 is 11.7 Å². The van der Waals surface area contributed by atoms with E-state index in [0.717, 1.165) is 25.2 Å². The van der Waals surface area contributed by atoms with Crippen molar-refractivity contribution in [3.05, 3.63) is 0 Å². The number of nitrogens with zero attached hydrogens (tertiary/aromatic N) is 2. The summed E-state index contributed by atoms with van der Waals surface area (Å²) in [6, 6.07) is 0.314. The molecule has 2 aliphatic rings. The SMILES string of the molecule is CCC1CCC(N(C)C(=O)C2(C(N)=NO)CCC2)CC1. The molecular formula is C15H27N3O2. The number of carbonyl (C=O) groups is 1. The van der Waals surface area contributed by atoms with E-state index in [-0.39, 0.29) is 11.7 Å². The van der Waals surface area contributed by atoms with Crippen molar-refractivity contribution in [1.29, 1.82) is 0 Å². The zero-order chi connectivity index (χ0) is 14.8. The number of hydrogen-bond acceptors (Lipinski definition) is 3. The Hall–Kier alpha value is -1.26. The summed E-state index contributed by atoms with van der Waals surface area (Å²) in [5.41, 5.74) is 5.05. The second-order valence-corrected chi connectivity index (χ2v) is 6.42. The maximum atomic E-state index is 12.8. The fourth-order valence-corrected chi connectivity index (χ4v) is 3.65. The summed E-state index contributed by atoms with van der Waals surface area (Å²) in [7, 11) is 1.88. The molecular weight excluding hydrogens is 254 g/mol. The largest absolute Gasteiger partial charge is 0.409 e. The Morgan fingerprint density at radius 3 is 2.35 bits per heavy atom. The summed E-state index contributed by atoms with van der Waals surface area (Å²) < 4.78 is 0. The molecule has 3 N–H and O–H groups in total. The van der Waals surface area contributed by atoms with E-state index in [9.17, 15) is 4.79 Å². The topological polar surface area (TPSA) is 78.9 Å². The third kappa shape index (κ3) is 2.50. The Morgan fingerprint density at radius 1 is 1.35 bits per heavy atom. The number of amidine groups is 1. The van der Waals surface area contributed by atoms with Crippen molar-refractivity contribution in [1.82, 2.24) is 4.90 Å². The van der Waals surface area contributed by atoms with Crippen LogP contribution in [-0.2, 0) is 4.79 Å². The van der Waals surface area contributed by atoms with Crippen LogP contribution in [-0.4, -0.2) is 34.9 Å². The van der Waals surface area contributed by atoms with Crippen molar-refractivity contribution in [2.45, 2.75) is 64.3 Å². The van der Waals surface area contributed by atoms with Crippen LogP contribution >= 0.6 is 0 Å². The Morgan fingerprint density at radius 2 is 1.95 bits per heavy atom. The maximum absolute atomic E-state index is 12.8. The van der Waals surface area contributed by atoms with Crippen LogP contribution in [0, 0.1) is 11.3 Å². The first kappa shape index (κ1) is 15.1. The van der Waals surface area contributed by atoms with Gasteiger partial charge in [-0.1, -0.05) is 24.9 Å². The molecule has 5 nitrogen and oxygen atoms in total. The van der Waals surface area contributed by atoms with Gasteiger partial charge in [0.25, 0.3) is 0 Å². The fraction of sp³-hybridized carbons (Fsp3) is 0.867. The Bertz CT molecular complexity index is 383. The number of oxime groups is 1. The van der Waals surface area contributed by atoms with Crippen LogP contribution in [0.15, 0.2) is 5.16 Å². The first-order valence-corrected chi connectivity index (χ1v) is 7.80. The molecule has 0 atom stereocenters. The van der Waals surface area contributed by atoms with Gasteiger partial charge in [0.05, 0.1) is 0 Å². The molecule has 0 bridgehead atoms. The number of hydrogen-bond donors (Lipinski definition) is 2. The first-order chi connectivity index (χ1) is 9.55. The minimum atomic E-state index is -0.731. The van der Waals surface area contributed by atoms with Gasteiger partial charge in [0.1, 0.15) is 5.41 Å². The number of carbonyl (C=O) groups excluding carboxylic acids is 1. The van der Waals surface area contributed by atoms with Crippen LogP contribution in [0.25, 0.3) is 0 Å². The van der Waals surface area contributed by atoms with Gasteiger partial charge < -0.3 is 15.8 Å². The first-order valence-electron chi connectivity index (χ1n) is 7.80. The van der Waals surface area contributed by atoms with Crippen LogP contribution in [0.1, 0.15) is 58.3 Å². The van der Waals surface area contributed by atoms with E-state index >= 15 is 0 Å². The predicted molar refractivity (Wildman–Crippen MR) is 78.5 cm³/mol. The quantitative estimate of drug-likeness (QED) is 0.359. The smallest absolute Gasteiger partial charge is 0.236 e. The van der Waals surface area contributed by atoms with E-state index < -0.39 is 5.41 Å². The predicted octanol–water partition coefficient (Wildman–Crippen LogP) is 2.33. The van der Waals surface area contributed by atoms with E-state index in [4.69, 9.17) is 10.9 Å². The van der Waals surface area contributed by atoms with Crippen LogP contribution in [0.5, 0.6) is 0 Å². The standard InChI is InChI=1S/C15H27N3O2/c1-3-11-5-7-12(8-6-11)18(2)14(19)15(9-4-10-15)13(16)17-20/h11-12,20H,3-10H2,1-2H3,(H2,16,17). The highest BCUT2D eigenvalue weighted by Crippen LogP contribution is 2.43. The van der Waals surface area contributed by atoms with E-state index in [0.29, 0.717) is 18.9 Å². The van der Waals surface area contributed by atoms with Gasteiger partial charge in [-0.05, 0) is 44.4 Å². The molecule has 0 saturated heterocycles. The number of rotatable bonds is 4. The molecule has 0 spiro atoms. The number of nitrogens with two attached hydrogens (primary N) is 1. The molecule has 0 radical (unpaired) electrons. The molecule has 2 rings (SSSR count). The van der Waals surface area contributed by atoms with Crippen LogP contribution < -0.4 is 5.73 Å². The van der Waals surface area contributed by atoms with E-state index in [1.165, 1.54) is 19.3 Å². The molecule has 0 aliphatic heterocycles. The molecule has 0 heterocycles. The molecule has 2 fully saturated rings. The second kappa shape index (κ2) is 6.02. The van der Waals surface area contributed by atoms with Crippen LogP contribution in [0.2, 0.25) is 0 Å². The third-order valence-electron chi connectivity index (χ3n) is 5.48. The van der Waals surface area contributed by atoms with Gasteiger partial charge in [-0.2, -0.15) is 0 Å². The highest BCUT2D eigenvalue weighted by atomic mass is 16.4. The van der Waals surface area contributed by atoms with Crippen LogP contribution in [0.4, 0.5) is 0 Å². The van der Waals surface area contributed by atoms with E-state index in [1.54, 1.807) is 0 Å². The summed E-state index contributed by atoms with van der Waals surface area (Å²) in [5, 5.41) is 12.0. The molecule has 2 aliphatic carbocycles. The average Bonchev–Trinajstić information content (AvgIpc) is 2.45. The lowest BCUT2D eigenvalue weighted by Gasteiger charge is -2.44. The monoisotopic (exact) mass is 281 g/mol. The summed E-state index contributed by atoms with van der Waals surface area (Å²) in [4.78, 5) is 14.6. The molecule has 114 valence electrons. The lowest BCUT2D eigenvalue weighted by molar-refractivity contribution is -0.143. The Labute approximate surface area is 121 Å². The van der Waals surface area contributed by atoms with Crippen molar-refractivity contribution < 1.29 is 10.0 Å². The minimum Gasteiger partial charge on any atom is -0.409 e. The minimum absolute atomic E-state index is 0.0407. The Kier molecular flexibility index (Phi) is 4.55. The van der Waals surface area contributed by atoms with Crippen molar-refractivity contribution in [3.63, 3.8) is 0 Å². The van der Waals surface area contributed by atoms with Gasteiger partial charge in [-0.25, -0.2) is 0 Å². The number of amides is 1. The lowest BCUT2D eigenvalue weighted by atomic mass is 9.66. The van der Waals surface area contributed by atoms with Gasteiger partial charge in [-0.15, -0.1) is 0 Å². The van der Waals surface area contributed by atoms with E-state index in [1.807, 2.05) is 11.9 Å². The molecule has 1 amide bonds. The second-order valence-electron chi connectivity index (χ2n) is 6.42. The van der Waals surface area contributed by atoms with Crippen molar-refractivity contribution in [3.8, 4) is 0 Å². The summed E-state index contributed by atoms with van der Waals surface area (Å²) in [5.74, 6) is 0.943. The average molecular weight is 281 g/mol. The van der Waals surface area contributed by atoms with Crippen LogP contribution in [0.3, 0.4) is 0 Å². The lowest BCUT2D eigenvalue weighted by Crippen LogP contribution is -2.56. The maximum Gasteiger partial charge on any atom is 0.236 e. The fourth-order valence-electron chi connectivity index (χ4n) is 3.65. The normalized spacial score (nSPS) is 29.6. The summed E-state index contributed by atoms with van der Waals surface area (Å²) in [6.45, 7) is 2.24. The summed E-state index contributed by atoms with van der Waals surface area (Å²) >= 11 is 0. The van der Waals surface area contributed by atoms with Gasteiger partial charge in [-0.3, -0.25) is 4.79 Å². The molecule has 5 heteroatoms.